The van der Waals surface area contributed by atoms with Crippen molar-refractivity contribution in [2.75, 3.05) is 19.8 Å². The summed E-state index contributed by atoms with van der Waals surface area (Å²) in [5.41, 5.74) is 5.43. The quantitative estimate of drug-likeness (QED) is 0.307. The standard InChI is InChI=1S/C7H17N3O2/c1-2-3-9-7(8)10-6(4-11)5-12/h6,11-12H,2-5H2,1H3,(H3,8,9,10). The molecule has 5 nitrogen and oxygen atoms in total. The third-order valence-corrected chi connectivity index (χ3v) is 1.30. The lowest BCUT2D eigenvalue weighted by Gasteiger charge is -2.13. The fourth-order valence-electron chi connectivity index (χ4n) is 0.636. The Morgan fingerprint density at radius 1 is 1.50 bits per heavy atom. The smallest absolute Gasteiger partial charge is 0.188 e. The minimum Gasteiger partial charge on any atom is -0.394 e. The number of hydrogen-bond acceptors (Lipinski definition) is 3. The molecule has 0 heterocycles. The van der Waals surface area contributed by atoms with E-state index in [9.17, 15) is 0 Å². The predicted octanol–water partition coefficient (Wildman–Crippen LogP) is -1.35. The first-order valence-electron chi connectivity index (χ1n) is 4.02. The number of guanidine groups is 1. The maximum atomic E-state index is 8.67. The highest BCUT2D eigenvalue weighted by molar-refractivity contribution is 5.78. The van der Waals surface area contributed by atoms with Gasteiger partial charge in [-0.15, -0.1) is 0 Å². The number of aliphatic hydroxyl groups excluding tert-OH is 2. The average molecular weight is 175 g/mol. The van der Waals surface area contributed by atoms with Crippen molar-refractivity contribution in [2.24, 2.45) is 10.7 Å². The highest BCUT2D eigenvalue weighted by Gasteiger charge is 2.04. The largest absolute Gasteiger partial charge is 0.394 e. The van der Waals surface area contributed by atoms with Crippen molar-refractivity contribution in [2.45, 2.75) is 19.4 Å². The van der Waals surface area contributed by atoms with Crippen LogP contribution in [0.1, 0.15) is 13.3 Å². The van der Waals surface area contributed by atoms with Gasteiger partial charge in [-0.05, 0) is 6.42 Å². The summed E-state index contributed by atoms with van der Waals surface area (Å²) in [6.07, 6.45) is 0.922. The van der Waals surface area contributed by atoms with E-state index in [1.807, 2.05) is 6.92 Å². The molecule has 0 aromatic rings. The topological polar surface area (TPSA) is 90.9 Å². The molecule has 0 fully saturated rings. The third kappa shape index (κ3) is 4.92. The Bertz CT molecular complexity index is 135. The Labute approximate surface area is 72.3 Å². The number of nitrogens with zero attached hydrogens (tertiary/aromatic N) is 1. The van der Waals surface area contributed by atoms with E-state index in [0.717, 1.165) is 6.42 Å². The molecule has 0 bridgehead atoms. The molecule has 0 aliphatic carbocycles. The van der Waals surface area contributed by atoms with Crippen LogP contribution in [0, 0.1) is 0 Å². The summed E-state index contributed by atoms with van der Waals surface area (Å²) in [6, 6.07) is -0.411. The molecular formula is C7H17N3O2. The van der Waals surface area contributed by atoms with Crippen LogP contribution in [0.15, 0.2) is 4.99 Å². The number of nitrogens with one attached hydrogen (secondary N) is 1. The first-order valence-corrected chi connectivity index (χ1v) is 4.02. The lowest BCUT2D eigenvalue weighted by atomic mass is 10.3. The van der Waals surface area contributed by atoms with E-state index in [2.05, 4.69) is 10.3 Å². The Balaban J connectivity index is 3.71. The van der Waals surface area contributed by atoms with Crippen molar-refractivity contribution in [3.05, 3.63) is 0 Å². The van der Waals surface area contributed by atoms with Gasteiger partial charge >= 0.3 is 0 Å². The van der Waals surface area contributed by atoms with Crippen LogP contribution >= 0.6 is 0 Å². The van der Waals surface area contributed by atoms with Crippen LogP contribution in [0.2, 0.25) is 0 Å². The van der Waals surface area contributed by atoms with E-state index in [0.29, 0.717) is 6.54 Å². The molecule has 0 aromatic heterocycles. The Morgan fingerprint density at radius 2 is 2.08 bits per heavy atom. The van der Waals surface area contributed by atoms with Crippen molar-refractivity contribution in [1.82, 2.24) is 5.32 Å². The van der Waals surface area contributed by atoms with Gasteiger partial charge < -0.3 is 21.3 Å². The zero-order valence-electron chi connectivity index (χ0n) is 7.32. The summed E-state index contributed by atoms with van der Waals surface area (Å²) in [4.78, 5) is 3.94. The first-order chi connectivity index (χ1) is 5.74. The fraction of sp³-hybridized carbons (Fsp3) is 0.857. The van der Waals surface area contributed by atoms with Crippen LogP contribution < -0.4 is 11.1 Å². The van der Waals surface area contributed by atoms with E-state index in [-0.39, 0.29) is 19.2 Å². The third-order valence-electron chi connectivity index (χ3n) is 1.30. The van der Waals surface area contributed by atoms with Gasteiger partial charge in [0.2, 0.25) is 0 Å². The van der Waals surface area contributed by atoms with Crippen LogP contribution in [0.25, 0.3) is 0 Å². The monoisotopic (exact) mass is 175 g/mol. The van der Waals surface area contributed by atoms with Gasteiger partial charge in [0.1, 0.15) is 0 Å². The van der Waals surface area contributed by atoms with Gasteiger partial charge in [0, 0.05) is 6.54 Å². The lowest BCUT2D eigenvalue weighted by Crippen LogP contribution is -2.44. The molecule has 0 aliphatic rings. The minimum absolute atomic E-state index is 0.154. The summed E-state index contributed by atoms with van der Waals surface area (Å²) in [5.74, 6) is 0.268. The van der Waals surface area contributed by atoms with Gasteiger partial charge in [0.05, 0.1) is 19.3 Å². The van der Waals surface area contributed by atoms with Crippen molar-refractivity contribution < 1.29 is 10.2 Å². The van der Waals surface area contributed by atoms with E-state index in [1.165, 1.54) is 0 Å². The van der Waals surface area contributed by atoms with Gasteiger partial charge in [-0.2, -0.15) is 0 Å². The molecule has 0 unspecified atom stereocenters. The van der Waals surface area contributed by atoms with Gasteiger partial charge in [0.15, 0.2) is 5.96 Å². The van der Waals surface area contributed by atoms with Crippen LogP contribution in [0.3, 0.4) is 0 Å². The SMILES string of the molecule is CCCN=C(N)NC(CO)CO. The van der Waals surface area contributed by atoms with Gasteiger partial charge in [-0.25, -0.2) is 0 Å². The van der Waals surface area contributed by atoms with Gasteiger partial charge in [-0.1, -0.05) is 6.92 Å². The molecule has 0 saturated heterocycles. The van der Waals surface area contributed by atoms with E-state index in [4.69, 9.17) is 15.9 Å². The van der Waals surface area contributed by atoms with E-state index >= 15 is 0 Å². The zero-order valence-corrected chi connectivity index (χ0v) is 7.32. The first kappa shape index (κ1) is 11.2. The summed E-state index contributed by atoms with van der Waals surface area (Å²) in [5, 5.41) is 20.0. The molecule has 5 heteroatoms. The van der Waals surface area contributed by atoms with Crippen molar-refractivity contribution >= 4 is 5.96 Å². The highest BCUT2D eigenvalue weighted by Crippen LogP contribution is 1.80. The molecule has 0 aromatic carbocycles. The molecule has 0 rings (SSSR count). The van der Waals surface area contributed by atoms with Crippen molar-refractivity contribution in [3.8, 4) is 0 Å². The molecule has 0 radical (unpaired) electrons. The number of hydrogen-bond donors (Lipinski definition) is 4. The summed E-state index contributed by atoms with van der Waals surface area (Å²) < 4.78 is 0. The van der Waals surface area contributed by atoms with Gasteiger partial charge in [-0.3, -0.25) is 4.99 Å². The maximum Gasteiger partial charge on any atom is 0.188 e. The minimum atomic E-state index is -0.411. The molecule has 0 aliphatic heterocycles. The highest BCUT2D eigenvalue weighted by atomic mass is 16.3. The Kier molecular flexibility index (Phi) is 6.41. The van der Waals surface area contributed by atoms with Gasteiger partial charge in [0.25, 0.3) is 0 Å². The molecule has 0 amide bonds. The molecule has 5 N–H and O–H groups in total. The second kappa shape index (κ2) is 6.87. The Hall–Kier alpha value is -0.810. The maximum absolute atomic E-state index is 8.67. The molecule has 0 saturated carbocycles. The lowest BCUT2D eigenvalue weighted by molar-refractivity contribution is 0.183. The average Bonchev–Trinajstić information content (AvgIpc) is 2.10. The van der Waals surface area contributed by atoms with Crippen molar-refractivity contribution in [3.63, 3.8) is 0 Å². The zero-order chi connectivity index (χ0) is 9.40. The van der Waals surface area contributed by atoms with E-state index < -0.39 is 6.04 Å². The number of aliphatic hydroxyl groups is 2. The molecular weight excluding hydrogens is 158 g/mol. The number of nitrogens with two attached hydrogens (primary N) is 1. The van der Waals surface area contributed by atoms with E-state index in [1.54, 1.807) is 0 Å². The van der Waals surface area contributed by atoms with Crippen LogP contribution in [-0.4, -0.2) is 42.0 Å². The van der Waals surface area contributed by atoms with Crippen molar-refractivity contribution in [1.29, 1.82) is 0 Å². The molecule has 0 spiro atoms. The van der Waals surface area contributed by atoms with Crippen LogP contribution in [-0.2, 0) is 0 Å². The summed E-state index contributed by atoms with van der Waals surface area (Å²) in [7, 11) is 0. The number of rotatable bonds is 5. The second-order valence-electron chi connectivity index (χ2n) is 2.47. The number of aliphatic imine (C=N–C) groups is 1. The molecule has 12 heavy (non-hydrogen) atoms. The second-order valence-corrected chi connectivity index (χ2v) is 2.47. The van der Waals surface area contributed by atoms with Crippen LogP contribution in [0.5, 0.6) is 0 Å². The molecule has 0 atom stereocenters. The predicted molar refractivity (Wildman–Crippen MR) is 47.9 cm³/mol. The normalized spacial score (nSPS) is 12.2. The fourth-order valence-corrected chi connectivity index (χ4v) is 0.636. The summed E-state index contributed by atoms with van der Waals surface area (Å²) >= 11 is 0. The summed E-state index contributed by atoms with van der Waals surface area (Å²) in [6.45, 7) is 2.34. The van der Waals surface area contributed by atoms with Crippen LogP contribution in [0.4, 0.5) is 0 Å². The Morgan fingerprint density at radius 3 is 2.50 bits per heavy atom. The molecule has 72 valence electrons.